The van der Waals surface area contributed by atoms with Gasteiger partial charge in [-0.1, -0.05) is 19.8 Å². The van der Waals surface area contributed by atoms with E-state index in [0.29, 0.717) is 19.4 Å². The molecule has 1 rings (SSSR count). The van der Waals surface area contributed by atoms with Gasteiger partial charge in [0.15, 0.2) is 0 Å². The highest BCUT2D eigenvalue weighted by Gasteiger charge is 2.27. The number of rotatable bonds is 5. The monoisotopic (exact) mass is 199 g/mol. The summed E-state index contributed by atoms with van der Waals surface area (Å²) in [6.45, 7) is 2.52. The molecule has 0 radical (unpaired) electrons. The number of carbonyl (C=O) groups excluding carboxylic acids is 2. The number of hydrogen-bond donors (Lipinski definition) is 1. The average Bonchev–Trinajstić information content (AvgIpc) is 2.52. The normalized spacial score (nSPS) is 20.6. The smallest absolute Gasteiger partial charge is 0.328 e. The lowest BCUT2D eigenvalue weighted by atomic mass is 10.2. The zero-order valence-corrected chi connectivity index (χ0v) is 8.54. The van der Waals surface area contributed by atoms with E-state index >= 15 is 0 Å². The second kappa shape index (κ2) is 5.62. The van der Waals surface area contributed by atoms with Gasteiger partial charge in [-0.25, -0.2) is 4.79 Å². The van der Waals surface area contributed by atoms with E-state index in [9.17, 15) is 9.59 Å². The Morgan fingerprint density at radius 2 is 2.36 bits per heavy atom. The van der Waals surface area contributed by atoms with Crippen LogP contribution in [-0.4, -0.2) is 24.5 Å². The van der Waals surface area contributed by atoms with Crippen LogP contribution in [0.5, 0.6) is 0 Å². The quantitative estimate of drug-likeness (QED) is 0.531. The minimum atomic E-state index is -0.399. The second-order valence-electron chi connectivity index (χ2n) is 3.53. The molecule has 1 heterocycles. The fourth-order valence-corrected chi connectivity index (χ4v) is 1.43. The Labute approximate surface area is 84.0 Å². The fraction of sp³-hybridized carbons (Fsp3) is 0.800. The Bertz CT molecular complexity index is 215. The Morgan fingerprint density at radius 1 is 1.57 bits per heavy atom. The Hall–Kier alpha value is -1.06. The summed E-state index contributed by atoms with van der Waals surface area (Å²) in [5, 5.41) is 2.67. The molecule has 0 aliphatic carbocycles. The van der Waals surface area contributed by atoms with Crippen molar-refractivity contribution in [3.8, 4) is 0 Å². The molecule has 1 N–H and O–H groups in total. The first-order chi connectivity index (χ1) is 6.74. The van der Waals surface area contributed by atoms with Crippen LogP contribution in [0, 0.1) is 0 Å². The fourth-order valence-electron chi connectivity index (χ4n) is 1.43. The van der Waals surface area contributed by atoms with E-state index in [1.54, 1.807) is 0 Å². The van der Waals surface area contributed by atoms with Crippen LogP contribution in [0.4, 0.5) is 0 Å². The molecule has 1 aliphatic heterocycles. The molecule has 0 saturated carbocycles. The van der Waals surface area contributed by atoms with E-state index < -0.39 is 6.04 Å². The molecule has 1 atom stereocenters. The topological polar surface area (TPSA) is 55.4 Å². The SMILES string of the molecule is CCCCCC(=O)NC1CCOC1=O. The molecule has 0 aromatic carbocycles. The highest BCUT2D eigenvalue weighted by molar-refractivity contribution is 5.85. The molecular formula is C10H17NO3. The van der Waals surface area contributed by atoms with Gasteiger partial charge in [0.2, 0.25) is 5.91 Å². The van der Waals surface area contributed by atoms with Gasteiger partial charge in [-0.3, -0.25) is 4.79 Å². The number of ether oxygens (including phenoxy) is 1. The van der Waals surface area contributed by atoms with E-state index in [4.69, 9.17) is 4.74 Å². The van der Waals surface area contributed by atoms with Crippen LogP contribution in [0.2, 0.25) is 0 Å². The molecule has 0 aromatic rings. The van der Waals surface area contributed by atoms with Crippen LogP contribution >= 0.6 is 0 Å². The molecule has 4 heteroatoms. The molecule has 1 fully saturated rings. The molecule has 1 amide bonds. The van der Waals surface area contributed by atoms with E-state index in [1.165, 1.54) is 0 Å². The van der Waals surface area contributed by atoms with Crippen LogP contribution in [0.15, 0.2) is 0 Å². The van der Waals surface area contributed by atoms with Gasteiger partial charge >= 0.3 is 5.97 Å². The van der Waals surface area contributed by atoms with E-state index in [0.717, 1.165) is 19.3 Å². The Morgan fingerprint density at radius 3 is 2.93 bits per heavy atom. The van der Waals surface area contributed by atoms with Gasteiger partial charge in [-0.05, 0) is 6.42 Å². The van der Waals surface area contributed by atoms with Crippen molar-refractivity contribution in [3.63, 3.8) is 0 Å². The van der Waals surface area contributed by atoms with E-state index in [2.05, 4.69) is 12.2 Å². The number of carbonyl (C=O) groups is 2. The van der Waals surface area contributed by atoms with Crippen LogP contribution in [0.1, 0.15) is 39.0 Å². The summed E-state index contributed by atoms with van der Waals surface area (Å²) in [7, 11) is 0. The van der Waals surface area contributed by atoms with Crippen molar-refractivity contribution in [2.24, 2.45) is 0 Å². The maximum Gasteiger partial charge on any atom is 0.328 e. The van der Waals surface area contributed by atoms with Gasteiger partial charge in [-0.15, -0.1) is 0 Å². The van der Waals surface area contributed by atoms with Crippen LogP contribution in [0.25, 0.3) is 0 Å². The molecule has 0 aromatic heterocycles. The van der Waals surface area contributed by atoms with Gasteiger partial charge in [0.25, 0.3) is 0 Å². The van der Waals surface area contributed by atoms with Crippen LogP contribution < -0.4 is 5.32 Å². The van der Waals surface area contributed by atoms with Crippen molar-refractivity contribution >= 4 is 11.9 Å². The van der Waals surface area contributed by atoms with Gasteiger partial charge in [0.1, 0.15) is 6.04 Å². The lowest BCUT2D eigenvalue weighted by molar-refractivity contribution is -0.141. The lowest BCUT2D eigenvalue weighted by Gasteiger charge is -2.07. The summed E-state index contributed by atoms with van der Waals surface area (Å²) in [5.74, 6) is -0.337. The predicted octanol–water partition coefficient (Wildman–Crippen LogP) is 0.998. The van der Waals surface area contributed by atoms with Crippen molar-refractivity contribution in [2.45, 2.75) is 45.1 Å². The van der Waals surface area contributed by atoms with Crippen molar-refractivity contribution in [1.29, 1.82) is 0 Å². The highest BCUT2D eigenvalue weighted by atomic mass is 16.5. The van der Waals surface area contributed by atoms with Crippen molar-refractivity contribution in [2.75, 3.05) is 6.61 Å². The van der Waals surface area contributed by atoms with Gasteiger partial charge in [0, 0.05) is 12.8 Å². The average molecular weight is 199 g/mol. The summed E-state index contributed by atoms with van der Waals surface area (Å²) in [4.78, 5) is 22.3. The maximum absolute atomic E-state index is 11.3. The van der Waals surface area contributed by atoms with Crippen molar-refractivity contribution in [3.05, 3.63) is 0 Å². The van der Waals surface area contributed by atoms with Gasteiger partial charge in [0.05, 0.1) is 6.61 Å². The molecule has 1 aliphatic rings. The zero-order valence-electron chi connectivity index (χ0n) is 8.54. The Kier molecular flexibility index (Phi) is 4.43. The first-order valence-corrected chi connectivity index (χ1v) is 5.20. The van der Waals surface area contributed by atoms with Crippen LogP contribution in [-0.2, 0) is 14.3 Å². The molecular weight excluding hydrogens is 182 g/mol. The van der Waals surface area contributed by atoms with Gasteiger partial charge < -0.3 is 10.1 Å². The third-order valence-electron chi connectivity index (χ3n) is 2.28. The predicted molar refractivity (Wildman–Crippen MR) is 51.6 cm³/mol. The standard InChI is InChI=1S/C10H17NO3/c1-2-3-4-5-9(12)11-8-6-7-14-10(8)13/h8H,2-7H2,1H3,(H,11,12). The summed E-state index contributed by atoms with van der Waals surface area (Å²) in [5.41, 5.74) is 0. The summed E-state index contributed by atoms with van der Waals surface area (Å²) in [6, 6.07) is -0.399. The third-order valence-corrected chi connectivity index (χ3v) is 2.28. The molecule has 14 heavy (non-hydrogen) atoms. The highest BCUT2D eigenvalue weighted by Crippen LogP contribution is 2.06. The third kappa shape index (κ3) is 3.36. The minimum Gasteiger partial charge on any atom is -0.464 e. The first kappa shape index (κ1) is 11.0. The van der Waals surface area contributed by atoms with Crippen molar-refractivity contribution < 1.29 is 14.3 Å². The molecule has 4 nitrogen and oxygen atoms in total. The number of esters is 1. The number of hydrogen-bond acceptors (Lipinski definition) is 3. The molecule has 0 spiro atoms. The lowest BCUT2D eigenvalue weighted by Crippen LogP contribution is -2.37. The minimum absolute atomic E-state index is 0.0395. The number of amides is 1. The van der Waals surface area contributed by atoms with E-state index in [-0.39, 0.29) is 11.9 Å². The van der Waals surface area contributed by atoms with E-state index in [1.807, 2.05) is 0 Å². The molecule has 0 bridgehead atoms. The van der Waals surface area contributed by atoms with Gasteiger partial charge in [-0.2, -0.15) is 0 Å². The summed E-state index contributed by atoms with van der Waals surface area (Å²) >= 11 is 0. The summed E-state index contributed by atoms with van der Waals surface area (Å²) < 4.78 is 4.74. The molecule has 1 saturated heterocycles. The van der Waals surface area contributed by atoms with Crippen LogP contribution in [0.3, 0.4) is 0 Å². The first-order valence-electron chi connectivity index (χ1n) is 5.20. The largest absolute Gasteiger partial charge is 0.464 e. The zero-order chi connectivity index (χ0) is 10.4. The number of cyclic esters (lactones) is 1. The molecule has 1 unspecified atom stereocenters. The second-order valence-corrected chi connectivity index (χ2v) is 3.53. The van der Waals surface area contributed by atoms with Crippen molar-refractivity contribution in [1.82, 2.24) is 5.32 Å². The number of unbranched alkanes of at least 4 members (excludes halogenated alkanes) is 2. The number of nitrogens with one attached hydrogen (secondary N) is 1. The maximum atomic E-state index is 11.3. The Balaban J connectivity index is 2.16. The molecule has 80 valence electrons. The summed E-state index contributed by atoms with van der Waals surface area (Å²) in [6.07, 6.45) is 4.17.